The minimum atomic E-state index is 0.157. The third-order valence-corrected chi connectivity index (χ3v) is 0.940. The van der Waals surface area contributed by atoms with Crippen LogP contribution >= 0.6 is 0 Å². The Morgan fingerprint density at radius 2 is 2.25 bits per heavy atom. The Labute approximate surface area is 50.6 Å². The van der Waals surface area contributed by atoms with Gasteiger partial charge in [0.25, 0.3) is 0 Å². The van der Waals surface area contributed by atoms with Gasteiger partial charge in [0.2, 0.25) is 0 Å². The Balaban J connectivity index is 3.17. The van der Waals surface area contributed by atoms with Crippen molar-refractivity contribution in [2.24, 2.45) is 11.5 Å². The molecule has 8 heavy (non-hydrogen) atoms. The fourth-order valence-corrected chi connectivity index (χ4v) is 0.536. The molecule has 0 aromatic heterocycles. The molecule has 1 atom stereocenters. The average molecular weight is 114 g/mol. The first-order valence-corrected chi connectivity index (χ1v) is 2.89. The minimum Gasteiger partial charge on any atom is -0.330 e. The number of hydrogen-bond donors (Lipinski definition) is 2. The van der Waals surface area contributed by atoms with Crippen LogP contribution in [0.15, 0.2) is 12.2 Å². The molecule has 0 spiro atoms. The monoisotopic (exact) mass is 114 g/mol. The number of nitrogens with two attached hydrogens (primary N) is 2. The van der Waals surface area contributed by atoms with Gasteiger partial charge in [-0.25, -0.2) is 0 Å². The summed E-state index contributed by atoms with van der Waals surface area (Å²) in [6.07, 6.45) is 4.78. The number of rotatable bonds is 3. The van der Waals surface area contributed by atoms with E-state index in [-0.39, 0.29) is 6.04 Å². The van der Waals surface area contributed by atoms with E-state index < -0.39 is 0 Å². The molecule has 2 heteroatoms. The summed E-state index contributed by atoms with van der Waals surface area (Å²) in [7, 11) is 0. The second-order valence-corrected chi connectivity index (χ2v) is 1.77. The van der Waals surface area contributed by atoms with Crippen molar-refractivity contribution in [3.8, 4) is 0 Å². The summed E-state index contributed by atoms with van der Waals surface area (Å²) < 4.78 is 0. The van der Waals surface area contributed by atoms with Crippen LogP contribution in [0.1, 0.15) is 13.3 Å². The third-order valence-electron chi connectivity index (χ3n) is 0.940. The highest BCUT2D eigenvalue weighted by Crippen LogP contribution is 1.85. The lowest BCUT2D eigenvalue weighted by atomic mass is 10.2. The third kappa shape index (κ3) is 3.84. The Hall–Kier alpha value is -0.340. The number of allylic oxidation sites excluding steroid dienone is 1. The van der Waals surface area contributed by atoms with Gasteiger partial charge in [-0.3, -0.25) is 0 Å². The van der Waals surface area contributed by atoms with Crippen LogP contribution in [-0.4, -0.2) is 12.6 Å². The summed E-state index contributed by atoms with van der Waals surface area (Å²) in [6, 6.07) is 0.157. The molecule has 48 valence electrons. The lowest BCUT2D eigenvalue weighted by Crippen LogP contribution is -2.20. The summed E-state index contributed by atoms with van der Waals surface area (Å²) >= 11 is 0. The minimum absolute atomic E-state index is 0.157. The van der Waals surface area contributed by atoms with Crippen molar-refractivity contribution in [3.05, 3.63) is 12.2 Å². The summed E-state index contributed by atoms with van der Waals surface area (Å²) in [5.74, 6) is 0. The highest BCUT2D eigenvalue weighted by atomic mass is 14.6. The summed E-state index contributed by atoms with van der Waals surface area (Å²) in [5, 5.41) is 0. The van der Waals surface area contributed by atoms with Crippen LogP contribution in [0.5, 0.6) is 0 Å². The fraction of sp³-hybridized carbons (Fsp3) is 0.667. The van der Waals surface area contributed by atoms with Gasteiger partial charge in [-0.1, -0.05) is 12.2 Å². The molecule has 0 rings (SSSR count). The molecular weight excluding hydrogens is 100 g/mol. The van der Waals surface area contributed by atoms with E-state index in [2.05, 4.69) is 0 Å². The molecule has 4 N–H and O–H groups in total. The SMILES string of the molecule is CC=CC(N)CCN. The fourth-order valence-electron chi connectivity index (χ4n) is 0.536. The molecule has 0 saturated heterocycles. The van der Waals surface area contributed by atoms with Crippen molar-refractivity contribution in [1.82, 2.24) is 0 Å². The summed E-state index contributed by atoms with van der Waals surface area (Å²) in [6.45, 7) is 2.63. The highest BCUT2D eigenvalue weighted by molar-refractivity contribution is 4.88. The lowest BCUT2D eigenvalue weighted by Gasteiger charge is -2.00. The van der Waals surface area contributed by atoms with Crippen molar-refractivity contribution >= 4 is 0 Å². The van der Waals surface area contributed by atoms with Crippen LogP contribution in [0, 0.1) is 0 Å². The molecule has 0 bridgehead atoms. The predicted octanol–water partition coefficient (Wildman–Crippen LogP) is 0.239. The molecule has 0 aromatic carbocycles. The zero-order chi connectivity index (χ0) is 6.41. The normalized spacial score (nSPS) is 14.9. The summed E-state index contributed by atoms with van der Waals surface area (Å²) in [5.41, 5.74) is 10.8. The number of hydrogen-bond acceptors (Lipinski definition) is 2. The van der Waals surface area contributed by atoms with E-state index in [1.54, 1.807) is 0 Å². The van der Waals surface area contributed by atoms with Crippen LogP contribution < -0.4 is 11.5 Å². The maximum Gasteiger partial charge on any atom is 0.0235 e. The quantitative estimate of drug-likeness (QED) is 0.516. The van der Waals surface area contributed by atoms with Crippen LogP contribution in [0.2, 0.25) is 0 Å². The molecule has 0 aliphatic carbocycles. The molecular formula is C6H14N2. The van der Waals surface area contributed by atoms with Crippen molar-refractivity contribution in [2.75, 3.05) is 6.54 Å². The molecule has 0 saturated carbocycles. The van der Waals surface area contributed by atoms with E-state index in [4.69, 9.17) is 11.5 Å². The molecule has 0 radical (unpaired) electrons. The van der Waals surface area contributed by atoms with Gasteiger partial charge in [-0.05, 0) is 19.9 Å². The van der Waals surface area contributed by atoms with Crippen molar-refractivity contribution < 1.29 is 0 Å². The van der Waals surface area contributed by atoms with Gasteiger partial charge in [0.1, 0.15) is 0 Å². The van der Waals surface area contributed by atoms with Crippen LogP contribution in [0.4, 0.5) is 0 Å². The van der Waals surface area contributed by atoms with Crippen LogP contribution in [-0.2, 0) is 0 Å². The van der Waals surface area contributed by atoms with E-state index in [0.717, 1.165) is 6.42 Å². The maximum absolute atomic E-state index is 5.53. The average Bonchev–Trinajstić information content (AvgIpc) is 1.68. The van der Waals surface area contributed by atoms with Gasteiger partial charge >= 0.3 is 0 Å². The molecule has 2 nitrogen and oxygen atoms in total. The van der Waals surface area contributed by atoms with E-state index in [1.807, 2.05) is 19.1 Å². The van der Waals surface area contributed by atoms with Crippen molar-refractivity contribution in [3.63, 3.8) is 0 Å². The van der Waals surface area contributed by atoms with Gasteiger partial charge in [0, 0.05) is 6.04 Å². The zero-order valence-electron chi connectivity index (χ0n) is 5.30. The lowest BCUT2D eigenvalue weighted by molar-refractivity contribution is 0.731. The van der Waals surface area contributed by atoms with Crippen LogP contribution in [0.3, 0.4) is 0 Å². The van der Waals surface area contributed by atoms with Crippen molar-refractivity contribution in [1.29, 1.82) is 0 Å². The van der Waals surface area contributed by atoms with Gasteiger partial charge in [0.05, 0.1) is 0 Å². The Morgan fingerprint density at radius 3 is 2.62 bits per heavy atom. The van der Waals surface area contributed by atoms with E-state index in [9.17, 15) is 0 Å². The smallest absolute Gasteiger partial charge is 0.0235 e. The Kier molecular flexibility index (Phi) is 4.61. The molecule has 0 aliphatic rings. The van der Waals surface area contributed by atoms with Gasteiger partial charge < -0.3 is 11.5 Å². The maximum atomic E-state index is 5.53. The van der Waals surface area contributed by atoms with Gasteiger partial charge in [-0.15, -0.1) is 0 Å². The van der Waals surface area contributed by atoms with Gasteiger partial charge in [-0.2, -0.15) is 0 Å². The zero-order valence-corrected chi connectivity index (χ0v) is 5.30. The molecule has 0 aromatic rings. The molecule has 1 unspecified atom stereocenters. The van der Waals surface area contributed by atoms with E-state index in [1.165, 1.54) is 0 Å². The Bertz CT molecular complexity index is 68.9. The first-order valence-electron chi connectivity index (χ1n) is 2.89. The first-order chi connectivity index (χ1) is 3.81. The standard InChI is InChI=1S/C6H14N2/c1-2-3-6(8)4-5-7/h2-3,6H,4-5,7-8H2,1H3. The molecule has 0 amide bonds. The first kappa shape index (κ1) is 7.66. The largest absolute Gasteiger partial charge is 0.330 e. The van der Waals surface area contributed by atoms with Gasteiger partial charge in [0.15, 0.2) is 0 Å². The predicted molar refractivity (Wildman–Crippen MR) is 36.5 cm³/mol. The van der Waals surface area contributed by atoms with Crippen LogP contribution in [0.25, 0.3) is 0 Å². The highest BCUT2D eigenvalue weighted by Gasteiger charge is 1.90. The second-order valence-electron chi connectivity index (χ2n) is 1.77. The molecule has 0 heterocycles. The topological polar surface area (TPSA) is 52.0 Å². The van der Waals surface area contributed by atoms with E-state index >= 15 is 0 Å². The summed E-state index contributed by atoms with van der Waals surface area (Å²) in [4.78, 5) is 0. The van der Waals surface area contributed by atoms with E-state index in [0.29, 0.717) is 6.54 Å². The molecule has 0 fully saturated rings. The second kappa shape index (κ2) is 4.81. The Morgan fingerprint density at radius 1 is 1.62 bits per heavy atom. The van der Waals surface area contributed by atoms with Crippen molar-refractivity contribution in [2.45, 2.75) is 19.4 Å². The molecule has 0 aliphatic heterocycles.